The molecule has 0 aliphatic heterocycles. The molecule has 0 saturated heterocycles. The van der Waals surface area contributed by atoms with Crippen LogP contribution >= 0.6 is 0 Å². The Morgan fingerprint density at radius 3 is 2.39 bits per heavy atom. The van der Waals surface area contributed by atoms with E-state index in [0.29, 0.717) is 18.1 Å². The molecule has 4 rings (SSSR count). The van der Waals surface area contributed by atoms with Crippen molar-refractivity contribution in [2.45, 2.75) is 44.2 Å². The second kappa shape index (κ2) is 12.4. The Morgan fingerprint density at radius 1 is 1.00 bits per heavy atom. The number of hydrogen-bond donors (Lipinski definition) is 0. The second-order valence-corrected chi connectivity index (χ2v) is 11.0. The number of rotatable bonds is 12. The molecule has 7 nitrogen and oxygen atoms in total. The van der Waals surface area contributed by atoms with Crippen LogP contribution in [0.5, 0.6) is 17.2 Å². The Morgan fingerprint density at radius 2 is 1.73 bits per heavy atom. The van der Waals surface area contributed by atoms with Gasteiger partial charge in [-0.1, -0.05) is 24.3 Å². The molecule has 0 heterocycles. The van der Waals surface area contributed by atoms with Gasteiger partial charge in [-0.25, -0.2) is 4.39 Å². The molecule has 0 bridgehead atoms. The average molecular weight is 597 g/mol. The van der Waals surface area contributed by atoms with Crippen molar-refractivity contribution in [2.75, 3.05) is 13.7 Å². The van der Waals surface area contributed by atoms with Gasteiger partial charge in [-0.2, -0.15) is 21.6 Å². The van der Waals surface area contributed by atoms with Crippen molar-refractivity contribution in [1.29, 1.82) is 0 Å². The smallest absolute Gasteiger partial charge is 0.497 e. The third-order valence-electron chi connectivity index (χ3n) is 6.57. The molecule has 0 spiro atoms. The molecule has 1 aliphatic carbocycles. The van der Waals surface area contributed by atoms with E-state index in [1.807, 2.05) is 18.2 Å². The fourth-order valence-corrected chi connectivity index (χ4v) is 4.89. The highest BCUT2D eigenvalue weighted by Crippen LogP contribution is 2.45. The van der Waals surface area contributed by atoms with Crippen LogP contribution in [0.25, 0.3) is 11.1 Å². The highest BCUT2D eigenvalue weighted by Gasteiger charge is 2.49. The molecule has 220 valence electrons. The number of esters is 1. The molecule has 12 heteroatoms. The Bertz CT molecular complexity index is 1500. The van der Waals surface area contributed by atoms with Crippen LogP contribution in [0, 0.1) is 11.7 Å². The molecule has 1 aliphatic rings. The lowest BCUT2D eigenvalue weighted by Gasteiger charge is -2.18. The molecule has 1 fully saturated rings. The number of carbonyl (C=O) groups excluding carboxylic acids is 1. The standard InChI is InChI=1S/C29H28F4O7S/c1-3-38-28(34)16-24(19-7-8-19)20-6-4-5-18(13-20)17-39-22-9-11-23(25-14-21(37-2)10-12-26(25)30)27(15-22)40-41(35,36)29(31,32)33/h4-6,9-15,19,24H,3,7-8,16-17H2,1-2H3. The van der Waals surface area contributed by atoms with Crippen molar-refractivity contribution >= 4 is 16.1 Å². The maximum Gasteiger partial charge on any atom is 0.534 e. The Labute approximate surface area is 235 Å². The van der Waals surface area contributed by atoms with E-state index in [2.05, 4.69) is 4.18 Å². The van der Waals surface area contributed by atoms with Gasteiger partial charge < -0.3 is 18.4 Å². The Hall–Kier alpha value is -3.80. The molecule has 0 radical (unpaired) electrons. The van der Waals surface area contributed by atoms with Crippen molar-refractivity contribution in [3.8, 4) is 28.4 Å². The molecule has 1 saturated carbocycles. The minimum Gasteiger partial charge on any atom is -0.497 e. The fourth-order valence-electron chi connectivity index (χ4n) is 4.42. The van der Waals surface area contributed by atoms with Crippen LogP contribution in [0.3, 0.4) is 0 Å². The normalized spacial score (nSPS) is 14.3. The highest BCUT2D eigenvalue weighted by atomic mass is 32.2. The first-order valence-electron chi connectivity index (χ1n) is 12.8. The van der Waals surface area contributed by atoms with E-state index in [9.17, 15) is 30.8 Å². The largest absolute Gasteiger partial charge is 0.534 e. The van der Waals surface area contributed by atoms with E-state index >= 15 is 0 Å². The number of benzene rings is 3. The van der Waals surface area contributed by atoms with Gasteiger partial charge in [0.25, 0.3) is 0 Å². The first kappa shape index (κ1) is 30.2. The van der Waals surface area contributed by atoms with Crippen LogP contribution in [0.15, 0.2) is 60.7 Å². The van der Waals surface area contributed by atoms with Crippen LogP contribution in [0.2, 0.25) is 0 Å². The molecule has 3 aromatic carbocycles. The van der Waals surface area contributed by atoms with Crippen LogP contribution < -0.4 is 13.7 Å². The quantitative estimate of drug-likeness (QED) is 0.0989. The zero-order valence-corrected chi connectivity index (χ0v) is 23.1. The topological polar surface area (TPSA) is 88.1 Å². The molecular weight excluding hydrogens is 568 g/mol. The van der Waals surface area contributed by atoms with E-state index in [0.717, 1.165) is 30.5 Å². The first-order chi connectivity index (χ1) is 19.4. The van der Waals surface area contributed by atoms with E-state index in [1.54, 1.807) is 13.0 Å². The van der Waals surface area contributed by atoms with Crippen molar-refractivity contribution in [1.82, 2.24) is 0 Å². The first-order valence-corrected chi connectivity index (χ1v) is 14.2. The Balaban J connectivity index is 1.61. The van der Waals surface area contributed by atoms with E-state index < -0.39 is 27.2 Å². The van der Waals surface area contributed by atoms with Crippen LogP contribution in [-0.4, -0.2) is 33.6 Å². The molecule has 0 N–H and O–H groups in total. The summed E-state index contributed by atoms with van der Waals surface area (Å²) in [4.78, 5) is 12.1. The van der Waals surface area contributed by atoms with Crippen molar-refractivity contribution < 1.29 is 49.2 Å². The lowest BCUT2D eigenvalue weighted by molar-refractivity contribution is -0.143. The SMILES string of the molecule is CCOC(=O)CC(c1cccc(COc2ccc(-c3cc(OC)ccc3F)c(OS(=O)(=O)C(F)(F)F)c2)c1)C1CC1. The van der Waals surface area contributed by atoms with Crippen LogP contribution in [0.1, 0.15) is 43.2 Å². The summed E-state index contributed by atoms with van der Waals surface area (Å²) in [7, 11) is -4.75. The number of halogens is 4. The van der Waals surface area contributed by atoms with Gasteiger partial charge in [-0.3, -0.25) is 4.79 Å². The maximum atomic E-state index is 14.7. The van der Waals surface area contributed by atoms with Gasteiger partial charge in [0.2, 0.25) is 0 Å². The number of ether oxygens (including phenoxy) is 3. The molecule has 0 amide bonds. The maximum absolute atomic E-state index is 14.7. The van der Waals surface area contributed by atoms with Crippen molar-refractivity contribution in [3.63, 3.8) is 0 Å². The molecule has 41 heavy (non-hydrogen) atoms. The minimum atomic E-state index is -6.07. The third kappa shape index (κ3) is 7.49. The number of alkyl halides is 3. The molecule has 3 aromatic rings. The predicted molar refractivity (Wildman–Crippen MR) is 141 cm³/mol. The summed E-state index contributed by atoms with van der Waals surface area (Å²) in [6.07, 6.45) is 2.27. The molecular formula is C29H28F4O7S. The van der Waals surface area contributed by atoms with Gasteiger partial charge in [0, 0.05) is 17.2 Å². The summed E-state index contributed by atoms with van der Waals surface area (Å²) in [5, 5.41) is 0. The van der Waals surface area contributed by atoms with Gasteiger partial charge in [0.15, 0.2) is 5.75 Å². The van der Waals surface area contributed by atoms with Gasteiger partial charge in [-0.15, -0.1) is 0 Å². The zero-order chi connectivity index (χ0) is 29.8. The minimum absolute atomic E-state index is 0.0138. The zero-order valence-electron chi connectivity index (χ0n) is 22.2. The van der Waals surface area contributed by atoms with Gasteiger partial charge in [-0.05, 0) is 73.1 Å². The number of methoxy groups -OCH3 is 1. The molecule has 0 aromatic heterocycles. The predicted octanol–water partition coefficient (Wildman–Crippen LogP) is 6.76. The summed E-state index contributed by atoms with van der Waals surface area (Å²) in [5.74, 6) is -1.35. The van der Waals surface area contributed by atoms with Crippen LogP contribution in [0.4, 0.5) is 17.6 Å². The van der Waals surface area contributed by atoms with Crippen molar-refractivity contribution in [3.05, 3.63) is 77.6 Å². The number of carbonyl (C=O) groups is 1. The summed E-state index contributed by atoms with van der Waals surface area (Å²) in [6.45, 7) is 2.02. The second-order valence-electron chi connectivity index (χ2n) is 9.47. The monoisotopic (exact) mass is 596 g/mol. The average Bonchev–Trinajstić information content (AvgIpc) is 3.76. The lowest BCUT2D eigenvalue weighted by atomic mass is 9.90. The summed E-state index contributed by atoms with van der Waals surface area (Å²) < 4.78 is 98.1. The number of hydrogen-bond acceptors (Lipinski definition) is 7. The third-order valence-corrected chi connectivity index (χ3v) is 7.53. The summed E-state index contributed by atoms with van der Waals surface area (Å²) in [6, 6.07) is 14.4. The van der Waals surface area contributed by atoms with E-state index in [1.165, 1.54) is 31.4 Å². The fraction of sp³-hybridized carbons (Fsp3) is 0.345. The van der Waals surface area contributed by atoms with Gasteiger partial charge >= 0.3 is 21.6 Å². The summed E-state index contributed by atoms with van der Waals surface area (Å²) in [5.41, 5.74) is -4.55. The highest BCUT2D eigenvalue weighted by molar-refractivity contribution is 7.88. The summed E-state index contributed by atoms with van der Waals surface area (Å²) >= 11 is 0. The van der Waals surface area contributed by atoms with Gasteiger partial charge in [0.05, 0.1) is 20.1 Å². The molecule has 1 atom stereocenters. The van der Waals surface area contributed by atoms with E-state index in [4.69, 9.17) is 14.2 Å². The van der Waals surface area contributed by atoms with E-state index in [-0.39, 0.29) is 47.5 Å². The van der Waals surface area contributed by atoms with Gasteiger partial charge in [0.1, 0.15) is 23.9 Å². The van der Waals surface area contributed by atoms with Crippen LogP contribution in [-0.2, 0) is 26.3 Å². The molecule has 1 unspecified atom stereocenters. The van der Waals surface area contributed by atoms with Crippen molar-refractivity contribution in [2.24, 2.45) is 5.92 Å². The Kier molecular flexibility index (Phi) is 9.11. The lowest BCUT2D eigenvalue weighted by Crippen LogP contribution is -2.28.